The third-order valence-corrected chi connectivity index (χ3v) is 1.76. The Labute approximate surface area is 70.9 Å². The zero-order valence-electron chi connectivity index (χ0n) is 8.06. The molecule has 0 fully saturated rings. The Bertz CT molecular complexity index is 97.0. The lowest BCUT2D eigenvalue weighted by Crippen LogP contribution is -2.26. The smallest absolute Gasteiger partial charge is 0.00387 e. The van der Waals surface area contributed by atoms with E-state index in [4.69, 9.17) is 0 Å². The maximum absolute atomic E-state index is 3.47. The van der Waals surface area contributed by atoms with Crippen molar-refractivity contribution >= 4 is 0 Å². The Balaban J connectivity index is 3.10. The van der Waals surface area contributed by atoms with Gasteiger partial charge >= 0.3 is 0 Å². The van der Waals surface area contributed by atoms with Crippen LogP contribution < -0.4 is 5.32 Å². The van der Waals surface area contributed by atoms with Gasteiger partial charge in [0, 0.05) is 6.04 Å². The molecule has 0 aromatic heterocycles. The molecule has 66 valence electrons. The lowest BCUT2D eigenvalue weighted by atomic mass is 10.2. The molecule has 0 spiro atoms. The fourth-order valence-electron chi connectivity index (χ4n) is 1.11. The van der Waals surface area contributed by atoms with Gasteiger partial charge < -0.3 is 5.32 Å². The van der Waals surface area contributed by atoms with Gasteiger partial charge in [-0.15, -0.1) is 0 Å². The Morgan fingerprint density at radius 1 is 1.45 bits per heavy atom. The average Bonchev–Trinajstić information content (AvgIpc) is 1.99. The second kappa shape index (κ2) is 7.80. The second-order valence-electron chi connectivity index (χ2n) is 3.00. The van der Waals surface area contributed by atoms with Gasteiger partial charge in [0.1, 0.15) is 0 Å². The normalized spacial score (nSPS) is 14.1. The maximum atomic E-state index is 3.47. The summed E-state index contributed by atoms with van der Waals surface area (Å²) in [5.41, 5.74) is 0. The molecular formula is C10H21N. The van der Waals surface area contributed by atoms with Crippen molar-refractivity contribution in [2.45, 2.75) is 46.1 Å². The lowest BCUT2D eigenvalue weighted by Gasteiger charge is -2.10. The highest BCUT2D eigenvalue weighted by Gasteiger charge is 1.95. The van der Waals surface area contributed by atoms with E-state index >= 15 is 0 Å². The minimum atomic E-state index is 0.685. The minimum absolute atomic E-state index is 0.685. The molecule has 0 amide bonds. The van der Waals surface area contributed by atoms with Gasteiger partial charge in [-0.05, 0) is 33.2 Å². The van der Waals surface area contributed by atoms with E-state index in [0.717, 1.165) is 13.0 Å². The monoisotopic (exact) mass is 155 g/mol. The molecule has 0 heterocycles. The largest absolute Gasteiger partial charge is 0.314 e. The van der Waals surface area contributed by atoms with Crippen LogP contribution in [-0.4, -0.2) is 12.6 Å². The molecule has 1 atom stereocenters. The molecule has 1 unspecified atom stereocenters. The average molecular weight is 155 g/mol. The van der Waals surface area contributed by atoms with Gasteiger partial charge in [0.15, 0.2) is 0 Å². The van der Waals surface area contributed by atoms with Crippen LogP contribution in [0.4, 0.5) is 0 Å². The van der Waals surface area contributed by atoms with Gasteiger partial charge in [0.05, 0.1) is 0 Å². The number of nitrogens with one attached hydrogen (secondary N) is 1. The summed E-state index contributed by atoms with van der Waals surface area (Å²) in [6.07, 6.45) is 8.02. The van der Waals surface area contributed by atoms with Crippen LogP contribution in [0.25, 0.3) is 0 Å². The van der Waals surface area contributed by atoms with E-state index in [9.17, 15) is 0 Å². The third-order valence-electron chi connectivity index (χ3n) is 1.76. The summed E-state index contributed by atoms with van der Waals surface area (Å²) in [6, 6.07) is 0.685. The fourth-order valence-corrected chi connectivity index (χ4v) is 1.11. The van der Waals surface area contributed by atoms with Crippen LogP contribution in [0.1, 0.15) is 40.0 Å². The third kappa shape index (κ3) is 7.60. The van der Waals surface area contributed by atoms with E-state index in [-0.39, 0.29) is 0 Å². The van der Waals surface area contributed by atoms with Crippen molar-refractivity contribution in [1.29, 1.82) is 0 Å². The van der Waals surface area contributed by atoms with Gasteiger partial charge in [-0.25, -0.2) is 0 Å². The molecule has 0 aromatic rings. The van der Waals surface area contributed by atoms with Crippen molar-refractivity contribution in [3.05, 3.63) is 12.2 Å². The topological polar surface area (TPSA) is 12.0 Å². The van der Waals surface area contributed by atoms with Crippen LogP contribution >= 0.6 is 0 Å². The summed E-state index contributed by atoms with van der Waals surface area (Å²) in [6.45, 7) is 7.66. The van der Waals surface area contributed by atoms with Crippen molar-refractivity contribution in [1.82, 2.24) is 5.32 Å². The quantitative estimate of drug-likeness (QED) is 0.459. The number of hydrogen-bond acceptors (Lipinski definition) is 1. The summed E-state index contributed by atoms with van der Waals surface area (Å²) in [5, 5.41) is 3.47. The minimum Gasteiger partial charge on any atom is -0.314 e. The van der Waals surface area contributed by atoms with Crippen LogP contribution in [0, 0.1) is 0 Å². The molecule has 0 aromatic carbocycles. The van der Waals surface area contributed by atoms with Gasteiger partial charge in [0.25, 0.3) is 0 Å². The summed E-state index contributed by atoms with van der Waals surface area (Å²) in [4.78, 5) is 0. The SMILES string of the molecule is C/C=C/CCNC(C)CCC. The molecule has 0 aliphatic carbocycles. The molecule has 0 aliphatic heterocycles. The molecule has 0 rings (SSSR count). The van der Waals surface area contributed by atoms with Crippen LogP contribution in [0.5, 0.6) is 0 Å². The van der Waals surface area contributed by atoms with Crippen molar-refractivity contribution in [2.75, 3.05) is 6.54 Å². The lowest BCUT2D eigenvalue weighted by molar-refractivity contribution is 0.514. The van der Waals surface area contributed by atoms with Crippen molar-refractivity contribution in [3.8, 4) is 0 Å². The fraction of sp³-hybridized carbons (Fsp3) is 0.800. The summed E-state index contributed by atoms with van der Waals surface area (Å²) >= 11 is 0. The molecule has 0 saturated carbocycles. The van der Waals surface area contributed by atoms with Crippen LogP contribution in [0.15, 0.2) is 12.2 Å². The van der Waals surface area contributed by atoms with E-state index in [1.165, 1.54) is 12.8 Å². The molecule has 0 bridgehead atoms. The van der Waals surface area contributed by atoms with Gasteiger partial charge in [-0.2, -0.15) is 0 Å². The van der Waals surface area contributed by atoms with E-state index in [2.05, 4.69) is 38.2 Å². The molecule has 1 N–H and O–H groups in total. The van der Waals surface area contributed by atoms with Crippen molar-refractivity contribution in [2.24, 2.45) is 0 Å². The molecule has 0 radical (unpaired) electrons. The van der Waals surface area contributed by atoms with Gasteiger partial charge in [0.2, 0.25) is 0 Å². The predicted octanol–water partition coefficient (Wildman–Crippen LogP) is 2.73. The van der Waals surface area contributed by atoms with Crippen molar-refractivity contribution < 1.29 is 0 Å². The van der Waals surface area contributed by atoms with E-state index in [1.807, 2.05) is 0 Å². The van der Waals surface area contributed by atoms with E-state index in [0.29, 0.717) is 6.04 Å². The number of allylic oxidation sites excluding steroid dienone is 1. The summed E-state index contributed by atoms with van der Waals surface area (Å²) < 4.78 is 0. The van der Waals surface area contributed by atoms with E-state index < -0.39 is 0 Å². The second-order valence-corrected chi connectivity index (χ2v) is 3.00. The highest BCUT2D eigenvalue weighted by atomic mass is 14.9. The van der Waals surface area contributed by atoms with Crippen molar-refractivity contribution in [3.63, 3.8) is 0 Å². The first-order valence-electron chi connectivity index (χ1n) is 4.65. The Hall–Kier alpha value is -0.300. The zero-order chi connectivity index (χ0) is 8.53. The molecule has 1 nitrogen and oxygen atoms in total. The first kappa shape index (κ1) is 10.7. The first-order valence-corrected chi connectivity index (χ1v) is 4.65. The van der Waals surface area contributed by atoms with Gasteiger partial charge in [-0.1, -0.05) is 25.5 Å². The molecule has 0 saturated heterocycles. The van der Waals surface area contributed by atoms with Crippen LogP contribution in [0.3, 0.4) is 0 Å². The molecule has 0 aliphatic rings. The maximum Gasteiger partial charge on any atom is 0.00387 e. The Morgan fingerprint density at radius 3 is 2.73 bits per heavy atom. The Morgan fingerprint density at radius 2 is 2.18 bits per heavy atom. The first-order chi connectivity index (χ1) is 5.31. The molecule has 11 heavy (non-hydrogen) atoms. The van der Waals surface area contributed by atoms with Crippen LogP contribution in [-0.2, 0) is 0 Å². The molecular weight excluding hydrogens is 134 g/mol. The zero-order valence-corrected chi connectivity index (χ0v) is 8.06. The summed E-state index contributed by atoms with van der Waals surface area (Å²) in [7, 11) is 0. The standard InChI is InChI=1S/C10H21N/c1-4-6-7-9-11-10(3)8-5-2/h4,6,10-11H,5,7-9H2,1-3H3/b6-4+. The molecule has 1 heteroatoms. The highest BCUT2D eigenvalue weighted by molar-refractivity contribution is 4.77. The van der Waals surface area contributed by atoms with Gasteiger partial charge in [-0.3, -0.25) is 0 Å². The summed E-state index contributed by atoms with van der Waals surface area (Å²) in [5.74, 6) is 0. The number of rotatable bonds is 6. The predicted molar refractivity (Wildman–Crippen MR) is 51.8 cm³/mol. The Kier molecular flexibility index (Phi) is 7.59. The highest BCUT2D eigenvalue weighted by Crippen LogP contribution is 1.94. The van der Waals surface area contributed by atoms with Crippen LogP contribution in [0.2, 0.25) is 0 Å². The number of hydrogen-bond donors (Lipinski definition) is 1. The van der Waals surface area contributed by atoms with E-state index in [1.54, 1.807) is 0 Å².